The van der Waals surface area contributed by atoms with E-state index in [0.29, 0.717) is 12.1 Å². The third kappa shape index (κ3) is 2.91. The monoisotopic (exact) mass is 326 g/mol. The van der Waals surface area contributed by atoms with Crippen molar-refractivity contribution in [3.8, 4) is 0 Å². The third-order valence-corrected chi connectivity index (χ3v) is 4.32. The number of carbonyl (C=O) groups is 2. The van der Waals surface area contributed by atoms with Crippen molar-refractivity contribution in [3.05, 3.63) is 41.2 Å². The van der Waals surface area contributed by atoms with Gasteiger partial charge in [-0.3, -0.25) is 14.3 Å². The van der Waals surface area contributed by atoms with Crippen molar-refractivity contribution in [2.75, 3.05) is 16.8 Å². The number of aromatic nitrogens is 2. The highest BCUT2D eigenvalue weighted by atomic mass is 16.2. The summed E-state index contributed by atoms with van der Waals surface area (Å²) in [5, 5.41) is 7.08. The van der Waals surface area contributed by atoms with Crippen LogP contribution >= 0.6 is 0 Å². The average molecular weight is 326 g/mol. The van der Waals surface area contributed by atoms with Gasteiger partial charge in [-0.2, -0.15) is 5.10 Å². The number of hydrogen-bond donors (Lipinski definition) is 1. The van der Waals surface area contributed by atoms with Gasteiger partial charge in [-0.15, -0.1) is 0 Å². The van der Waals surface area contributed by atoms with Crippen LogP contribution in [-0.4, -0.2) is 28.1 Å². The molecule has 0 unspecified atom stereocenters. The first-order chi connectivity index (χ1) is 11.5. The van der Waals surface area contributed by atoms with Crippen molar-refractivity contribution >= 4 is 23.2 Å². The molecule has 0 saturated carbocycles. The number of benzene rings is 1. The van der Waals surface area contributed by atoms with Crippen molar-refractivity contribution in [1.82, 2.24) is 9.78 Å². The SMILES string of the molecule is CCn1cc(C(=O)N2CCCc3c(NC(C)=O)ccc(C)c32)cn1. The first-order valence-electron chi connectivity index (χ1n) is 8.25. The van der Waals surface area contributed by atoms with E-state index in [1.807, 2.05) is 30.9 Å². The average Bonchev–Trinajstić information content (AvgIpc) is 3.05. The lowest BCUT2D eigenvalue weighted by atomic mass is 9.95. The summed E-state index contributed by atoms with van der Waals surface area (Å²) in [5.41, 5.74) is 4.38. The molecule has 1 aliphatic rings. The standard InChI is InChI=1S/C18H22N4O2/c1-4-21-11-14(10-19-21)18(24)22-9-5-6-15-16(20-13(3)23)8-7-12(2)17(15)22/h7-8,10-11H,4-6,9H2,1-3H3,(H,20,23). The fourth-order valence-electron chi connectivity index (χ4n) is 3.22. The minimum Gasteiger partial charge on any atom is -0.326 e. The topological polar surface area (TPSA) is 67.2 Å². The van der Waals surface area contributed by atoms with Gasteiger partial charge in [0.05, 0.1) is 17.4 Å². The number of anilines is 2. The molecule has 1 aliphatic heterocycles. The minimum atomic E-state index is -0.103. The Hall–Kier alpha value is -2.63. The lowest BCUT2D eigenvalue weighted by molar-refractivity contribution is -0.114. The Morgan fingerprint density at radius 3 is 2.79 bits per heavy atom. The highest BCUT2D eigenvalue weighted by Gasteiger charge is 2.27. The first kappa shape index (κ1) is 16.2. The van der Waals surface area contributed by atoms with Crippen LogP contribution in [0.25, 0.3) is 0 Å². The highest BCUT2D eigenvalue weighted by Crippen LogP contribution is 2.36. The molecule has 24 heavy (non-hydrogen) atoms. The number of carbonyl (C=O) groups excluding carboxylic acids is 2. The Morgan fingerprint density at radius 1 is 1.33 bits per heavy atom. The summed E-state index contributed by atoms with van der Waals surface area (Å²) in [5.74, 6) is -0.146. The largest absolute Gasteiger partial charge is 0.326 e. The Kier molecular flexibility index (Phi) is 4.38. The van der Waals surface area contributed by atoms with Crippen LogP contribution in [0.2, 0.25) is 0 Å². The van der Waals surface area contributed by atoms with Gasteiger partial charge in [0.2, 0.25) is 5.91 Å². The van der Waals surface area contributed by atoms with Crippen LogP contribution in [0.15, 0.2) is 24.5 Å². The molecule has 0 spiro atoms. The van der Waals surface area contributed by atoms with Gasteiger partial charge >= 0.3 is 0 Å². The van der Waals surface area contributed by atoms with E-state index in [2.05, 4.69) is 10.4 Å². The predicted molar refractivity (Wildman–Crippen MR) is 93.4 cm³/mol. The van der Waals surface area contributed by atoms with Crippen molar-refractivity contribution < 1.29 is 9.59 Å². The van der Waals surface area contributed by atoms with E-state index in [1.54, 1.807) is 17.1 Å². The first-order valence-corrected chi connectivity index (χ1v) is 8.25. The van der Waals surface area contributed by atoms with Gasteiger partial charge < -0.3 is 10.2 Å². The molecule has 0 radical (unpaired) electrons. The van der Waals surface area contributed by atoms with Gasteiger partial charge in [0.25, 0.3) is 5.91 Å². The maximum absolute atomic E-state index is 13.0. The van der Waals surface area contributed by atoms with E-state index in [4.69, 9.17) is 0 Å². The molecule has 2 heterocycles. The Morgan fingerprint density at radius 2 is 2.12 bits per heavy atom. The summed E-state index contributed by atoms with van der Waals surface area (Å²) in [7, 11) is 0. The molecule has 6 nitrogen and oxygen atoms in total. The third-order valence-electron chi connectivity index (χ3n) is 4.32. The van der Waals surface area contributed by atoms with Crippen molar-refractivity contribution in [2.45, 2.75) is 40.2 Å². The molecule has 3 rings (SSSR count). The van der Waals surface area contributed by atoms with E-state index in [9.17, 15) is 9.59 Å². The van der Waals surface area contributed by atoms with Gasteiger partial charge in [-0.05, 0) is 43.9 Å². The molecule has 1 aromatic carbocycles. The van der Waals surface area contributed by atoms with Crippen LogP contribution in [0, 0.1) is 6.92 Å². The number of aryl methyl sites for hydroxylation is 2. The van der Waals surface area contributed by atoms with Gasteiger partial charge in [-0.25, -0.2) is 0 Å². The zero-order chi connectivity index (χ0) is 17.3. The van der Waals surface area contributed by atoms with E-state index in [1.165, 1.54) is 6.92 Å². The quantitative estimate of drug-likeness (QED) is 0.943. The van der Waals surface area contributed by atoms with Gasteiger partial charge in [-0.1, -0.05) is 6.07 Å². The van der Waals surface area contributed by atoms with Crippen LogP contribution in [0.5, 0.6) is 0 Å². The molecule has 0 fully saturated rings. The number of hydrogen-bond acceptors (Lipinski definition) is 3. The maximum atomic E-state index is 13.0. The van der Waals surface area contributed by atoms with E-state index in [-0.39, 0.29) is 11.8 Å². The molecule has 6 heteroatoms. The fraction of sp³-hybridized carbons (Fsp3) is 0.389. The summed E-state index contributed by atoms with van der Waals surface area (Å²) in [6.07, 6.45) is 5.12. The molecule has 0 atom stereocenters. The second kappa shape index (κ2) is 6.47. The predicted octanol–water partition coefficient (Wildman–Crippen LogP) is 2.76. The number of nitrogens with zero attached hydrogens (tertiary/aromatic N) is 3. The van der Waals surface area contributed by atoms with Crippen molar-refractivity contribution in [3.63, 3.8) is 0 Å². The minimum absolute atomic E-state index is 0.0428. The van der Waals surface area contributed by atoms with Gasteiger partial charge in [0, 0.05) is 31.9 Å². The van der Waals surface area contributed by atoms with Gasteiger partial charge in [0.15, 0.2) is 0 Å². The zero-order valence-corrected chi connectivity index (χ0v) is 14.3. The van der Waals surface area contributed by atoms with Crippen LogP contribution in [-0.2, 0) is 17.8 Å². The molecule has 1 N–H and O–H groups in total. The number of nitrogens with one attached hydrogen (secondary N) is 1. The van der Waals surface area contributed by atoms with Crippen LogP contribution < -0.4 is 10.2 Å². The fourth-order valence-corrected chi connectivity index (χ4v) is 3.22. The highest BCUT2D eigenvalue weighted by molar-refractivity contribution is 6.07. The van der Waals surface area contributed by atoms with Crippen molar-refractivity contribution in [1.29, 1.82) is 0 Å². The zero-order valence-electron chi connectivity index (χ0n) is 14.3. The van der Waals surface area contributed by atoms with Gasteiger partial charge in [0.1, 0.15) is 0 Å². The molecule has 1 aromatic heterocycles. The molecule has 0 aliphatic carbocycles. The van der Waals surface area contributed by atoms with E-state index < -0.39 is 0 Å². The molecular formula is C18H22N4O2. The number of fused-ring (bicyclic) bond motifs is 1. The Labute approximate surface area is 141 Å². The normalized spacial score (nSPS) is 13.5. The number of amides is 2. The summed E-state index contributed by atoms with van der Waals surface area (Å²) in [6.45, 7) is 6.89. The second-order valence-electron chi connectivity index (χ2n) is 6.08. The molecule has 2 amide bonds. The lowest BCUT2D eigenvalue weighted by Crippen LogP contribution is -2.36. The van der Waals surface area contributed by atoms with Crippen LogP contribution in [0.3, 0.4) is 0 Å². The lowest BCUT2D eigenvalue weighted by Gasteiger charge is -2.32. The van der Waals surface area contributed by atoms with Crippen molar-refractivity contribution in [2.24, 2.45) is 0 Å². The number of rotatable bonds is 3. The summed E-state index contributed by atoms with van der Waals surface area (Å²) in [6, 6.07) is 3.86. The molecule has 0 bridgehead atoms. The molecular weight excluding hydrogens is 304 g/mol. The maximum Gasteiger partial charge on any atom is 0.261 e. The van der Waals surface area contributed by atoms with Crippen LogP contribution in [0.4, 0.5) is 11.4 Å². The summed E-state index contributed by atoms with van der Waals surface area (Å²) in [4.78, 5) is 26.2. The summed E-state index contributed by atoms with van der Waals surface area (Å²) < 4.78 is 1.75. The van der Waals surface area contributed by atoms with E-state index in [0.717, 1.165) is 41.9 Å². The summed E-state index contributed by atoms with van der Waals surface area (Å²) >= 11 is 0. The smallest absolute Gasteiger partial charge is 0.261 e. The molecule has 2 aromatic rings. The second-order valence-corrected chi connectivity index (χ2v) is 6.08. The molecule has 0 saturated heterocycles. The van der Waals surface area contributed by atoms with E-state index >= 15 is 0 Å². The Balaban J connectivity index is 2.01. The molecule has 126 valence electrons. The Bertz CT molecular complexity index is 794. The van der Waals surface area contributed by atoms with Crippen LogP contribution in [0.1, 0.15) is 41.8 Å².